The number of hydrogen-bond acceptors (Lipinski definition) is 1. The second-order valence-electron chi connectivity index (χ2n) is 4.27. The van der Waals surface area contributed by atoms with E-state index in [0.717, 1.165) is 33.6 Å². The highest BCUT2D eigenvalue weighted by molar-refractivity contribution is 6.12. The van der Waals surface area contributed by atoms with E-state index < -0.39 is 0 Å². The number of aryl methyl sites for hydroxylation is 4. The van der Waals surface area contributed by atoms with E-state index in [1.165, 1.54) is 0 Å². The first-order chi connectivity index (χ1) is 7.52. The zero-order chi connectivity index (χ0) is 11.9. The SMILES string of the molecule is Cc1c[nH]c(C)c1C(=O)c1c(C)c[nH]c1C. The first kappa shape index (κ1) is 10.7. The molecule has 2 N–H and O–H groups in total. The van der Waals surface area contributed by atoms with Gasteiger partial charge in [0.2, 0.25) is 0 Å². The lowest BCUT2D eigenvalue weighted by Crippen LogP contribution is -2.06. The highest BCUT2D eigenvalue weighted by Gasteiger charge is 2.20. The number of H-pyrrole nitrogens is 2. The first-order valence-corrected chi connectivity index (χ1v) is 5.36. The molecule has 2 aromatic heterocycles. The fourth-order valence-electron chi connectivity index (χ4n) is 2.14. The molecule has 0 unspecified atom stereocenters. The minimum atomic E-state index is 0.104. The summed E-state index contributed by atoms with van der Waals surface area (Å²) in [6.45, 7) is 7.76. The third-order valence-electron chi connectivity index (χ3n) is 3.00. The van der Waals surface area contributed by atoms with E-state index >= 15 is 0 Å². The minimum absolute atomic E-state index is 0.104. The Morgan fingerprint density at radius 2 is 1.25 bits per heavy atom. The summed E-state index contributed by atoms with van der Waals surface area (Å²) >= 11 is 0. The van der Waals surface area contributed by atoms with Gasteiger partial charge in [0, 0.05) is 34.9 Å². The Morgan fingerprint density at radius 1 is 0.875 bits per heavy atom. The van der Waals surface area contributed by atoms with Gasteiger partial charge in [0.15, 0.2) is 5.78 Å². The maximum Gasteiger partial charge on any atom is 0.197 e. The van der Waals surface area contributed by atoms with Gasteiger partial charge in [-0.2, -0.15) is 0 Å². The van der Waals surface area contributed by atoms with E-state index in [4.69, 9.17) is 0 Å². The maximum atomic E-state index is 12.4. The Morgan fingerprint density at radius 3 is 1.50 bits per heavy atom. The molecule has 0 aliphatic rings. The molecule has 2 heterocycles. The molecule has 2 rings (SSSR count). The summed E-state index contributed by atoms with van der Waals surface area (Å²) in [5.74, 6) is 0.104. The Kier molecular flexibility index (Phi) is 2.46. The molecule has 0 atom stereocenters. The van der Waals surface area contributed by atoms with Crippen molar-refractivity contribution >= 4 is 5.78 Å². The number of carbonyl (C=O) groups is 1. The lowest BCUT2D eigenvalue weighted by molar-refractivity contribution is 0.103. The van der Waals surface area contributed by atoms with Crippen molar-refractivity contribution in [2.45, 2.75) is 27.7 Å². The molecule has 2 aromatic rings. The molecule has 0 aliphatic heterocycles. The molecule has 16 heavy (non-hydrogen) atoms. The lowest BCUT2D eigenvalue weighted by Gasteiger charge is -2.03. The van der Waals surface area contributed by atoms with Gasteiger partial charge >= 0.3 is 0 Å². The van der Waals surface area contributed by atoms with Crippen molar-refractivity contribution < 1.29 is 4.79 Å². The van der Waals surface area contributed by atoms with Gasteiger partial charge in [-0.3, -0.25) is 4.79 Å². The fourth-order valence-corrected chi connectivity index (χ4v) is 2.14. The van der Waals surface area contributed by atoms with Crippen molar-refractivity contribution in [1.29, 1.82) is 0 Å². The molecular formula is C13H16N2O. The Hall–Kier alpha value is -1.77. The fraction of sp³-hybridized carbons (Fsp3) is 0.308. The average molecular weight is 216 g/mol. The second-order valence-corrected chi connectivity index (χ2v) is 4.27. The molecular weight excluding hydrogens is 200 g/mol. The number of aromatic nitrogens is 2. The molecule has 0 amide bonds. The van der Waals surface area contributed by atoms with Crippen LogP contribution in [0.5, 0.6) is 0 Å². The van der Waals surface area contributed by atoms with Crippen LogP contribution in [-0.2, 0) is 0 Å². The number of nitrogens with one attached hydrogen (secondary N) is 2. The van der Waals surface area contributed by atoms with E-state index in [1.54, 1.807) is 0 Å². The summed E-state index contributed by atoms with van der Waals surface area (Å²) < 4.78 is 0. The Labute approximate surface area is 94.9 Å². The van der Waals surface area contributed by atoms with Crippen molar-refractivity contribution in [3.63, 3.8) is 0 Å². The molecule has 0 radical (unpaired) electrons. The van der Waals surface area contributed by atoms with Gasteiger partial charge in [-0.1, -0.05) is 0 Å². The Balaban J connectivity index is 2.56. The van der Waals surface area contributed by atoms with Crippen molar-refractivity contribution in [3.05, 3.63) is 46.0 Å². The highest BCUT2D eigenvalue weighted by Crippen LogP contribution is 2.21. The largest absolute Gasteiger partial charge is 0.364 e. The van der Waals surface area contributed by atoms with Gasteiger partial charge in [-0.05, 0) is 38.8 Å². The Bertz CT molecular complexity index is 459. The summed E-state index contributed by atoms with van der Waals surface area (Å²) in [4.78, 5) is 18.6. The van der Waals surface area contributed by atoms with Crippen molar-refractivity contribution in [2.75, 3.05) is 0 Å². The minimum Gasteiger partial charge on any atom is -0.364 e. The molecule has 0 aliphatic carbocycles. The number of rotatable bonds is 2. The molecule has 3 heteroatoms. The zero-order valence-electron chi connectivity index (χ0n) is 10.1. The molecule has 0 aromatic carbocycles. The molecule has 0 spiro atoms. The molecule has 0 saturated carbocycles. The van der Waals surface area contributed by atoms with E-state index in [-0.39, 0.29) is 5.78 Å². The number of ketones is 1. The lowest BCUT2D eigenvalue weighted by atomic mass is 9.98. The van der Waals surface area contributed by atoms with Crippen LogP contribution in [0.1, 0.15) is 38.4 Å². The average Bonchev–Trinajstić information content (AvgIpc) is 2.71. The summed E-state index contributed by atoms with van der Waals surface area (Å²) in [5, 5.41) is 0. The van der Waals surface area contributed by atoms with Gasteiger partial charge in [0.05, 0.1) is 0 Å². The van der Waals surface area contributed by atoms with E-state index in [0.29, 0.717) is 0 Å². The summed E-state index contributed by atoms with van der Waals surface area (Å²) in [5.41, 5.74) is 5.46. The highest BCUT2D eigenvalue weighted by atomic mass is 16.1. The van der Waals surface area contributed by atoms with Gasteiger partial charge < -0.3 is 9.97 Å². The van der Waals surface area contributed by atoms with E-state index in [1.807, 2.05) is 40.1 Å². The normalized spacial score (nSPS) is 10.8. The van der Waals surface area contributed by atoms with Crippen molar-refractivity contribution in [2.24, 2.45) is 0 Å². The topological polar surface area (TPSA) is 48.6 Å². The quantitative estimate of drug-likeness (QED) is 0.745. The van der Waals surface area contributed by atoms with Crippen LogP contribution < -0.4 is 0 Å². The summed E-state index contributed by atoms with van der Waals surface area (Å²) in [6.07, 6.45) is 3.75. The van der Waals surface area contributed by atoms with Crippen molar-refractivity contribution in [1.82, 2.24) is 9.97 Å². The number of aromatic amines is 2. The predicted octanol–water partition coefficient (Wildman–Crippen LogP) is 2.81. The molecule has 84 valence electrons. The molecule has 0 fully saturated rings. The van der Waals surface area contributed by atoms with E-state index in [9.17, 15) is 4.79 Å². The van der Waals surface area contributed by atoms with Crippen LogP contribution >= 0.6 is 0 Å². The second kappa shape index (κ2) is 3.67. The number of carbonyl (C=O) groups excluding carboxylic acids is 1. The van der Waals surface area contributed by atoms with Gasteiger partial charge in [-0.15, -0.1) is 0 Å². The molecule has 0 saturated heterocycles. The van der Waals surface area contributed by atoms with E-state index in [2.05, 4.69) is 9.97 Å². The van der Waals surface area contributed by atoms with Crippen LogP contribution in [-0.4, -0.2) is 15.8 Å². The van der Waals surface area contributed by atoms with Gasteiger partial charge in [0.25, 0.3) is 0 Å². The van der Waals surface area contributed by atoms with Gasteiger partial charge in [0.1, 0.15) is 0 Å². The third-order valence-corrected chi connectivity index (χ3v) is 3.00. The van der Waals surface area contributed by atoms with Crippen LogP contribution in [0, 0.1) is 27.7 Å². The monoisotopic (exact) mass is 216 g/mol. The van der Waals surface area contributed by atoms with Crippen LogP contribution in [0.2, 0.25) is 0 Å². The molecule has 3 nitrogen and oxygen atoms in total. The van der Waals surface area contributed by atoms with Crippen molar-refractivity contribution in [3.8, 4) is 0 Å². The van der Waals surface area contributed by atoms with Crippen LogP contribution in [0.25, 0.3) is 0 Å². The summed E-state index contributed by atoms with van der Waals surface area (Å²) in [7, 11) is 0. The maximum absolute atomic E-state index is 12.4. The standard InChI is InChI=1S/C13H16N2O/c1-7-5-14-9(3)11(7)13(16)12-8(2)6-15-10(12)4/h5-6,14-15H,1-4H3. The first-order valence-electron chi connectivity index (χ1n) is 5.36. The third kappa shape index (κ3) is 1.48. The zero-order valence-corrected chi connectivity index (χ0v) is 10.1. The predicted molar refractivity (Wildman–Crippen MR) is 64.0 cm³/mol. The number of hydrogen-bond donors (Lipinski definition) is 2. The van der Waals surface area contributed by atoms with Crippen LogP contribution in [0.4, 0.5) is 0 Å². The van der Waals surface area contributed by atoms with Crippen LogP contribution in [0.3, 0.4) is 0 Å². The van der Waals surface area contributed by atoms with Crippen LogP contribution in [0.15, 0.2) is 12.4 Å². The summed E-state index contributed by atoms with van der Waals surface area (Å²) in [6, 6.07) is 0. The van der Waals surface area contributed by atoms with Gasteiger partial charge in [-0.25, -0.2) is 0 Å². The molecule has 0 bridgehead atoms. The smallest absolute Gasteiger partial charge is 0.197 e.